The lowest BCUT2D eigenvalue weighted by Gasteiger charge is -2.14. The Kier molecular flexibility index (Phi) is 7.41. The van der Waals surface area contributed by atoms with E-state index in [2.05, 4.69) is 119 Å². The summed E-state index contributed by atoms with van der Waals surface area (Å²) in [6.07, 6.45) is 9.15. The lowest BCUT2D eigenvalue weighted by atomic mass is 9.93. The van der Waals surface area contributed by atoms with Crippen molar-refractivity contribution in [1.82, 2.24) is 24.9 Å². The molecule has 0 unspecified atom stereocenters. The Balaban J connectivity index is 1.20. The zero-order valence-electron chi connectivity index (χ0n) is 27.0. The minimum Gasteiger partial charge on any atom is -0.264 e. The summed E-state index contributed by atoms with van der Waals surface area (Å²) in [5, 5.41) is 2.14. The molecule has 0 fully saturated rings. The molecule has 0 N–H and O–H groups in total. The highest BCUT2D eigenvalue weighted by Gasteiger charge is 2.16. The fraction of sp³-hybridized carbons (Fsp3) is 0. The van der Waals surface area contributed by atoms with Gasteiger partial charge in [-0.1, -0.05) is 97.1 Å². The summed E-state index contributed by atoms with van der Waals surface area (Å²) in [5.74, 6) is 0. The molecule has 234 valence electrons. The van der Waals surface area contributed by atoms with Crippen LogP contribution in [0.4, 0.5) is 0 Å². The minimum atomic E-state index is 0.861. The second-order valence-electron chi connectivity index (χ2n) is 12.2. The lowest BCUT2D eigenvalue weighted by Crippen LogP contribution is -1.94. The zero-order valence-corrected chi connectivity index (χ0v) is 27.0. The Morgan fingerprint density at radius 2 is 0.860 bits per heavy atom. The van der Waals surface area contributed by atoms with Crippen LogP contribution in [0.25, 0.3) is 89.0 Å². The van der Waals surface area contributed by atoms with Gasteiger partial charge in [-0.2, -0.15) is 0 Å². The number of nitrogens with zero attached hydrogens (tertiary/aromatic N) is 5. The van der Waals surface area contributed by atoms with Crippen molar-refractivity contribution in [3.05, 3.63) is 177 Å². The Morgan fingerprint density at radius 1 is 0.320 bits per heavy atom. The third kappa shape index (κ3) is 5.47. The first kappa shape index (κ1) is 29.3. The first-order chi connectivity index (χ1) is 24.8. The molecule has 5 aromatic heterocycles. The molecule has 0 radical (unpaired) electrons. The topological polar surface area (TPSA) is 64.5 Å². The van der Waals surface area contributed by atoms with E-state index in [1.54, 1.807) is 12.4 Å². The van der Waals surface area contributed by atoms with Crippen LogP contribution in [0.3, 0.4) is 0 Å². The lowest BCUT2D eigenvalue weighted by molar-refractivity contribution is 1.26. The third-order valence-electron chi connectivity index (χ3n) is 9.11. The van der Waals surface area contributed by atoms with E-state index in [4.69, 9.17) is 15.0 Å². The van der Waals surface area contributed by atoms with Crippen molar-refractivity contribution < 1.29 is 0 Å². The van der Waals surface area contributed by atoms with Crippen LogP contribution in [0.5, 0.6) is 0 Å². The van der Waals surface area contributed by atoms with Gasteiger partial charge in [0.15, 0.2) is 0 Å². The molecule has 0 amide bonds. The van der Waals surface area contributed by atoms with Crippen LogP contribution in [-0.4, -0.2) is 24.9 Å². The summed E-state index contributed by atoms with van der Waals surface area (Å²) in [6.45, 7) is 0. The molecule has 9 aromatic rings. The molecule has 0 bridgehead atoms. The van der Waals surface area contributed by atoms with Crippen LogP contribution in [0, 0.1) is 0 Å². The van der Waals surface area contributed by atoms with Crippen LogP contribution in [0.1, 0.15) is 0 Å². The largest absolute Gasteiger partial charge is 0.264 e. The number of fused-ring (bicyclic) bond motifs is 3. The minimum absolute atomic E-state index is 0.861. The van der Waals surface area contributed by atoms with Gasteiger partial charge in [-0.05, 0) is 81.9 Å². The van der Waals surface area contributed by atoms with Crippen molar-refractivity contribution >= 4 is 21.8 Å². The molecule has 0 aliphatic carbocycles. The van der Waals surface area contributed by atoms with Gasteiger partial charge in [0.25, 0.3) is 0 Å². The molecule has 5 heteroatoms. The van der Waals surface area contributed by atoms with Crippen LogP contribution in [0.15, 0.2) is 177 Å². The van der Waals surface area contributed by atoms with Gasteiger partial charge in [0, 0.05) is 58.4 Å². The molecule has 0 aliphatic rings. The molecule has 0 spiro atoms. The predicted molar refractivity (Wildman–Crippen MR) is 203 cm³/mol. The number of rotatable bonds is 6. The monoisotopic (exact) mass is 639 g/mol. The van der Waals surface area contributed by atoms with Gasteiger partial charge >= 0.3 is 0 Å². The van der Waals surface area contributed by atoms with E-state index < -0.39 is 0 Å². The Labute approximate surface area is 289 Å². The van der Waals surface area contributed by atoms with Crippen molar-refractivity contribution in [3.8, 4) is 67.2 Å². The summed E-state index contributed by atoms with van der Waals surface area (Å²) in [7, 11) is 0. The van der Waals surface area contributed by atoms with Crippen LogP contribution in [-0.2, 0) is 0 Å². The summed E-state index contributed by atoms with van der Waals surface area (Å²) < 4.78 is 0. The number of aromatic nitrogens is 5. The second-order valence-corrected chi connectivity index (χ2v) is 12.2. The van der Waals surface area contributed by atoms with Gasteiger partial charge < -0.3 is 0 Å². The fourth-order valence-electron chi connectivity index (χ4n) is 6.63. The van der Waals surface area contributed by atoms with Gasteiger partial charge in [0.2, 0.25) is 0 Å². The molecule has 0 aliphatic heterocycles. The van der Waals surface area contributed by atoms with E-state index in [0.29, 0.717) is 0 Å². The molecule has 0 atom stereocenters. The second kappa shape index (κ2) is 12.6. The van der Waals surface area contributed by atoms with E-state index in [1.807, 2.05) is 55.0 Å². The standard InChI is InChI=1S/C45H29N5/c1-3-9-31(10-4-1)37-21-24-48-44-38(37)19-20-39-40(27-43(50-45(39)44)33-11-5-2-6-12-33)32-17-15-30(16-18-32)36-25-41(34-13-7-22-46-28-34)49-42(26-36)35-14-8-23-47-29-35/h1-29H. The molecule has 0 saturated heterocycles. The maximum absolute atomic E-state index is 5.26. The molecular formula is C45H29N5. The van der Waals surface area contributed by atoms with Gasteiger partial charge in [0.1, 0.15) is 0 Å². The Hall–Kier alpha value is -6.85. The van der Waals surface area contributed by atoms with E-state index in [-0.39, 0.29) is 0 Å². The van der Waals surface area contributed by atoms with Gasteiger partial charge in [-0.15, -0.1) is 0 Å². The van der Waals surface area contributed by atoms with Crippen LogP contribution >= 0.6 is 0 Å². The Morgan fingerprint density at radius 3 is 1.48 bits per heavy atom. The van der Waals surface area contributed by atoms with E-state index in [1.165, 1.54) is 0 Å². The molecule has 5 heterocycles. The number of hydrogen-bond donors (Lipinski definition) is 0. The average molecular weight is 640 g/mol. The van der Waals surface area contributed by atoms with E-state index in [9.17, 15) is 0 Å². The van der Waals surface area contributed by atoms with Crippen molar-refractivity contribution in [1.29, 1.82) is 0 Å². The normalized spacial score (nSPS) is 11.2. The quantitative estimate of drug-likeness (QED) is 0.169. The smallest absolute Gasteiger partial charge is 0.0978 e. The molecule has 9 rings (SSSR count). The van der Waals surface area contributed by atoms with Crippen molar-refractivity contribution in [2.75, 3.05) is 0 Å². The first-order valence-corrected chi connectivity index (χ1v) is 16.6. The Bertz CT molecular complexity index is 2550. The van der Waals surface area contributed by atoms with Crippen molar-refractivity contribution in [3.63, 3.8) is 0 Å². The summed E-state index contributed by atoms with van der Waals surface area (Å²) in [4.78, 5) is 23.8. The molecule has 4 aromatic carbocycles. The predicted octanol–water partition coefficient (Wildman–Crippen LogP) is 11.0. The highest BCUT2D eigenvalue weighted by Crippen LogP contribution is 2.38. The SMILES string of the molecule is c1ccc(-c2cc(-c3ccc(-c4cc(-c5cccnc5)nc(-c5cccnc5)c4)cc3)c3ccc4c(-c5ccccc5)ccnc4c3n2)cc1. The average Bonchev–Trinajstić information content (AvgIpc) is 3.21. The van der Waals surface area contributed by atoms with Crippen LogP contribution < -0.4 is 0 Å². The maximum atomic E-state index is 5.26. The van der Waals surface area contributed by atoms with Crippen LogP contribution in [0.2, 0.25) is 0 Å². The number of hydrogen-bond acceptors (Lipinski definition) is 5. The van der Waals surface area contributed by atoms with Crippen molar-refractivity contribution in [2.24, 2.45) is 0 Å². The first-order valence-electron chi connectivity index (χ1n) is 16.6. The van der Waals surface area contributed by atoms with E-state index in [0.717, 1.165) is 89.0 Å². The molecular weight excluding hydrogens is 611 g/mol. The zero-order chi connectivity index (χ0) is 33.3. The number of benzene rings is 4. The maximum Gasteiger partial charge on any atom is 0.0978 e. The summed E-state index contributed by atoms with van der Waals surface area (Å²) in [6, 6.07) is 50.5. The van der Waals surface area contributed by atoms with E-state index >= 15 is 0 Å². The third-order valence-corrected chi connectivity index (χ3v) is 9.11. The van der Waals surface area contributed by atoms with Gasteiger partial charge in [-0.3, -0.25) is 15.0 Å². The van der Waals surface area contributed by atoms with Gasteiger partial charge in [0.05, 0.1) is 28.1 Å². The summed E-state index contributed by atoms with van der Waals surface area (Å²) in [5.41, 5.74) is 14.1. The highest BCUT2D eigenvalue weighted by atomic mass is 14.8. The fourth-order valence-corrected chi connectivity index (χ4v) is 6.63. The van der Waals surface area contributed by atoms with Crippen molar-refractivity contribution in [2.45, 2.75) is 0 Å². The number of pyridine rings is 5. The van der Waals surface area contributed by atoms with Gasteiger partial charge in [-0.25, -0.2) is 9.97 Å². The molecule has 50 heavy (non-hydrogen) atoms. The molecule has 5 nitrogen and oxygen atoms in total. The highest BCUT2D eigenvalue weighted by molar-refractivity contribution is 6.12. The summed E-state index contributed by atoms with van der Waals surface area (Å²) >= 11 is 0. The molecule has 0 saturated carbocycles.